The number of carbonyl (C=O) groups excluding carboxylic acids is 2. The summed E-state index contributed by atoms with van der Waals surface area (Å²) in [4.78, 5) is 28.5. The first-order chi connectivity index (χ1) is 16.8. The molecular weight excluding hydrogens is 462 g/mol. The summed E-state index contributed by atoms with van der Waals surface area (Å²) in [6.45, 7) is 4.68. The lowest BCUT2D eigenvalue weighted by Crippen LogP contribution is -2.50. The highest BCUT2D eigenvalue weighted by Gasteiger charge is 2.35. The van der Waals surface area contributed by atoms with Crippen molar-refractivity contribution in [3.8, 4) is 0 Å². The minimum atomic E-state index is -3.58. The fourth-order valence-electron chi connectivity index (χ4n) is 4.37. The molecule has 1 N–H and O–H groups in total. The van der Waals surface area contributed by atoms with Crippen molar-refractivity contribution in [3.63, 3.8) is 0 Å². The zero-order valence-corrected chi connectivity index (χ0v) is 20.7. The van der Waals surface area contributed by atoms with Crippen LogP contribution in [0.1, 0.15) is 35.3 Å². The Morgan fingerprint density at radius 2 is 1.49 bits per heavy atom. The molecule has 0 fully saturated rings. The number of fused-ring (bicyclic) bond motifs is 1. The van der Waals surface area contributed by atoms with E-state index in [0.29, 0.717) is 37.3 Å². The summed E-state index contributed by atoms with van der Waals surface area (Å²) in [5, 5.41) is 2.87. The van der Waals surface area contributed by atoms with Gasteiger partial charge in [-0.25, -0.2) is 8.42 Å². The number of rotatable bonds is 7. The second kappa shape index (κ2) is 10.4. The third-order valence-electron chi connectivity index (χ3n) is 6.30. The van der Waals surface area contributed by atoms with Crippen molar-refractivity contribution in [2.24, 2.45) is 0 Å². The van der Waals surface area contributed by atoms with Crippen molar-refractivity contribution in [1.29, 1.82) is 0 Å². The number of hydrogen-bond donors (Lipinski definition) is 1. The standard InChI is InChI=1S/C27H29N3O4S/c1-3-29(4-2)35(33,34)24-16-14-23(15-17-24)28-26(31)25-18-21-12-8-9-13-22(21)19-30(25)27(32)20-10-6-5-7-11-20/h5-17,25H,3-4,18-19H2,1-2H3,(H,28,31). The Bertz CT molecular complexity index is 1300. The first-order valence-corrected chi connectivity index (χ1v) is 13.1. The zero-order chi connectivity index (χ0) is 25.0. The molecule has 7 nitrogen and oxygen atoms in total. The van der Waals surface area contributed by atoms with Gasteiger partial charge in [0.1, 0.15) is 6.04 Å². The second-order valence-corrected chi connectivity index (χ2v) is 10.3. The highest BCUT2D eigenvalue weighted by molar-refractivity contribution is 7.89. The zero-order valence-electron chi connectivity index (χ0n) is 19.8. The molecule has 1 aliphatic rings. The molecule has 0 spiro atoms. The van der Waals surface area contributed by atoms with Crippen molar-refractivity contribution in [2.75, 3.05) is 18.4 Å². The van der Waals surface area contributed by atoms with Gasteiger partial charge in [-0.1, -0.05) is 56.3 Å². The predicted molar refractivity (Wildman–Crippen MR) is 135 cm³/mol. The lowest BCUT2D eigenvalue weighted by Gasteiger charge is -2.36. The molecule has 0 aromatic heterocycles. The Hall–Kier alpha value is -3.49. The molecule has 182 valence electrons. The maximum atomic E-state index is 13.4. The Balaban J connectivity index is 1.57. The van der Waals surface area contributed by atoms with Gasteiger partial charge in [0.15, 0.2) is 0 Å². The van der Waals surface area contributed by atoms with Gasteiger partial charge >= 0.3 is 0 Å². The van der Waals surface area contributed by atoms with E-state index in [4.69, 9.17) is 0 Å². The van der Waals surface area contributed by atoms with Gasteiger partial charge in [0.2, 0.25) is 15.9 Å². The molecular formula is C27H29N3O4S. The first-order valence-electron chi connectivity index (χ1n) is 11.7. The summed E-state index contributed by atoms with van der Waals surface area (Å²) < 4.78 is 26.9. The van der Waals surface area contributed by atoms with E-state index in [-0.39, 0.29) is 16.7 Å². The van der Waals surface area contributed by atoms with Crippen molar-refractivity contribution in [2.45, 2.75) is 37.8 Å². The Morgan fingerprint density at radius 3 is 2.11 bits per heavy atom. The van der Waals surface area contributed by atoms with Gasteiger partial charge in [-0.2, -0.15) is 4.31 Å². The number of hydrogen-bond acceptors (Lipinski definition) is 4. The van der Waals surface area contributed by atoms with Crippen LogP contribution in [0, 0.1) is 0 Å². The quantitative estimate of drug-likeness (QED) is 0.543. The lowest BCUT2D eigenvalue weighted by molar-refractivity contribution is -0.121. The van der Waals surface area contributed by atoms with E-state index < -0.39 is 16.1 Å². The van der Waals surface area contributed by atoms with Crippen LogP contribution in [-0.4, -0.2) is 48.6 Å². The highest BCUT2D eigenvalue weighted by atomic mass is 32.2. The number of benzene rings is 3. The van der Waals surface area contributed by atoms with Crippen LogP contribution >= 0.6 is 0 Å². The fourth-order valence-corrected chi connectivity index (χ4v) is 5.82. The Kier molecular flexibility index (Phi) is 7.33. The van der Waals surface area contributed by atoms with Gasteiger partial charge in [0.25, 0.3) is 5.91 Å². The SMILES string of the molecule is CCN(CC)S(=O)(=O)c1ccc(NC(=O)C2Cc3ccccc3CN2C(=O)c2ccccc2)cc1. The predicted octanol–water partition coefficient (Wildman–Crippen LogP) is 3.92. The van der Waals surface area contributed by atoms with E-state index >= 15 is 0 Å². The monoisotopic (exact) mass is 491 g/mol. The van der Waals surface area contributed by atoms with Gasteiger partial charge in [-0.3, -0.25) is 9.59 Å². The van der Waals surface area contributed by atoms with E-state index in [0.717, 1.165) is 11.1 Å². The molecule has 8 heteroatoms. The van der Waals surface area contributed by atoms with Crippen LogP contribution in [0.25, 0.3) is 0 Å². The van der Waals surface area contributed by atoms with Crippen LogP contribution in [0.3, 0.4) is 0 Å². The van der Waals surface area contributed by atoms with E-state index in [1.54, 1.807) is 55.1 Å². The topological polar surface area (TPSA) is 86.8 Å². The third-order valence-corrected chi connectivity index (χ3v) is 8.36. The van der Waals surface area contributed by atoms with Crippen molar-refractivity contribution in [1.82, 2.24) is 9.21 Å². The molecule has 0 saturated carbocycles. The molecule has 1 unspecified atom stereocenters. The van der Waals surface area contributed by atoms with Gasteiger partial charge in [0.05, 0.1) is 4.90 Å². The summed E-state index contributed by atoms with van der Waals surface area (Å²) in [5.41, 5.74) is 3.05. The van der Waals surface area contributed by atoms with E-state index in [2.05, 4.69) is 5.32 Å². The Labute approximate surface area is 206 Å². The first kappa shape index (κ1) is 24.6. The lowest BCUT2D eigenvalue weighted by atomic mass is 9.92. The van der Waals surface area contributed by atoms with Crippen LogP contribution in [-0.2, 0) is 27.8 Å². The Morgan fingerprint density at radius 1 is 0.886 bits per heavy atom. The normalized spacial score (nSPS) is 15.5. The molecule has 0 saturated heterocycles. The number of amides is 2. The van der Waals surface area contributed by atoms with Crippen LogP contribution in [0.5, 0.6) is 0 Å². The maximum Gasteiger partial charge on any atom is 0.254 e. The second-order valence-electron chi connectivity index (χ2n) is 8.39. The molecule has 1 heterocycles. The van der Waals surface area contributed by atoms with Crippen molar-refractivity contribution >= 4 is 27.5 Å². The van der Waals surface area contributed by atoms with Crippen LogP contribution in [0.4, 0.5) is 5.69 Å². The molecule has 4 rings (SSSR count). The summed E-state index contributed by atoms with van der Waals surface area (Å²) >= 11 is 0. The summed E-state index contributed by atoms with van der Waals surface area (Å²) in [6.07, 6.45) is 0.398. The van der Waals surface area contributed by atoms with E-state index in [1.807, 2.05) is 30.3 Å². The van der Waals surface area contributed by atoms with Crippen molar-refractivity contribution in [3.05, 3.63) is 95.6 Å². The average Bonchev–Trinajstić information content (AvgIpc) is 2.89. The smallest absolute Gasteiger partial charge is 0.254 e. The third kappa shape index (κ3) is 5.13. The van der Waals surface area contributed by atoms with Crippen LogP contribution in [0.2, 0.25) is 0 Å². The number of carbonyl (C=O) groups is 2. The van der Waals surface area contributed by atoms with E-state index in [1.165, 1.54) is 16.4 Å². The molecule has 2 amide bonds. The number of sulfonamides is 1. The van der Waals surface area contributed by atoms with Gasteiger partial charge < -0.3 is 10.2 Å². The molecule has 1 atom stereocenters. The molecule has 3 aromatic carbocycles. The molecule has 0 radical (unpaired) electrons. The molecule has 35 heavy (non-hydrogen) atoms. The number of anilines is 1. The molecule has 0 bridgehead atoms. The number of nitrogens with zero attached hydrogens (tertiary/aromatic N) is 2. The summed E-state index contributed by atoms with van der Waals surface area (Å²) in [7, 11) is -3.58. The van der Waals surface area contributed by atoms with Crippen molar-refractivity contribution < 1.29 is 18.0 Å². The van der Waals surface area contributed by atoms with Gasteiger partial charge in [-0.05, 0) is 47.5 Å². The summed E-state index contributed by atoms with van der Waals surface area (Å²) in [6, 6.07) is 22.2. The minimum Gasteiger partial charge on any atom is -0.324 e. The largest absolute Gasteiger partial charge is 0.324 e. The fraction of sp³-hybridized carbons (Fsp3) is 0.259. The molecule has 1 aliphatic heterocycles. The maximum absolute atomic E-state index is 13.4. The average molecular weight is 492 g/mol. The van der Waals surface area contributed by atoms with E-state index in [9.17, 15) is 18.0 Å². The van der Waals surface area contributed by atoms with Crippen LogP contribution < -0.4 is 5.32 Å². The number of nitrogens with one attached hydrogen (secondary N) is 1. The molecule has 0 aliphatic carbocycles. The van der Waals surface area contributed by atoms with Gasteiger partial charge in [0, 0.05) is 37.3 Å². The highest BCUT2D eigenvalue weighted by Crippen LogP contribution is 2.26. The molecule has 3 aromatic rings. The minimum absolute atomic E-state index is 0.173. The summed E-state index contributed by atoms with van der Waals surface area (Å²) in [5.74, 6) is -0.524. The van der Waals surface area contributed by atoms with Crippen LogP contribution in [0.15, 0.2) is 83.8 Å². The van der Waals surface area contributed by atoms with Gasteiger partial charge in [-0.15, -0.1) is 0 Å².